The van der Waals surface area contributed by atoms with E-state index in [2.05, 4.69) is 21.7 Å². The number of ether oxygens (including phenoxy) is 1. The van der Waals surface area contributed by atoms with E-state index in [4.69, 9.17) is 4.74 Å². The van der Waals surface area contributed by atoms with Gasteiger partial charge in [0.25, 0.3) is 5.91 Å². The first kappa shape index (κ1) is 21.0. The van der Waals surface area contributed by atoms with Crippen molar-refractivity contribution in [1.82, 2.24) is 14.8 Å². The van der Waals surface area contributed by atoms with E-state index in [9.17, 15) is 9.59 Å². The molecule has 0 spiro atoms. The Balaban J connectivity index is 1.42. The summed E-state index contributed by atoms with van der Waals surface area (Å²) in [7, 11) is 1.67. The van der Waals surface area contributed by atoms with Crippen molar-refractivity contribution in [2.45, 2.75) is 64.1 Å². The number of rotatable bonds is 4. The number of carbonyl (C=O) groups is 2. The summed E-state index contributed by atoms with van der Waals surface area (Å²) in [5, 5.41) is 0. The Kier molecular flexibility index (Phi) is 5.19. The monoisotopic (exact) mass is 433 g/mol. The highest BCUT2D eigenvalue weighted by molar-refractivity contribution is 5.95. The van der Waals surface area contributed by atoms with E-state index in [1.165, 1.54) is 0 Å². The Morgan fingerprint density at radius 3 is 2.75 bits per heavy atom. The molecule has 5 rings (SSSR count). The Labute approximate surface area is 189 Å². The van der Waals surface area contributed by atoms with Crippen molar-refractivity contribution in [2.75, 3.05) is 13.7 Å². The van der Waals surface area contributed by atoms with Crippen molar-refractivity contribution in [3.8, 4) is 5.75 Å². The molecule has 6 nitrogen and oxygen atoms in total. The second-order valence-corrected chi connectivity index (χ2v) is 9.73. The molecule has 1 aromatic carbocycles. The molecular weight excluding hydrogens is 402 g/mol. The van der Waals surface area contributed by atoms with E-state index in [-0.39, 0.29) is 35.4 Å². The van der Waals surface area contributed by atoms with Gasteiger partial charge in [-0.15, -0.1) is 0 Å². The van der Waals surface area contributed by atoms with Crippen LogP contribution in [-0.2, 0) is 11.2 Å². The van der Waals surface area contributed by atoms with E-state index >= 15 is 0 Å². The van der Waals surface area contributed by atoms with E-state index in [0.29, 0.717) is 18.5 Å². The number of benzene rings is 1. The van der Waals surface area contributed by atoms with Crippen LogP contribution in [0.25, 0.3) is 0 Å². The lowest BCUT2D eigenvalue weighted by Crippen LogP contribution is -2.57. The summed E-state index contributed by atoms with van der Waals surface area (Å²) in [6, 6.07) is 12.2. The van der Waals surface area contributed by atoms with Gasteiger partial charge in [0.15, 0.2) is 0 Å². The fourth-order valence-corrected chi connectivity index (χ4v) is 6.61. The summed E-state index contributed by atoms with van der Waals surface area (Å²) < 4.78 is 5.47. The highest BCUT2D eigenvalue weighted by Crippen LogP contribution is 2.54. The number of hydrogen-bond donors (Lipinski definition) is 0. The fourth-order valence-electron chi connectivity index (χ4n) is 6.61. The Morgan fingerprint density at radius 1 is 1.19 bits per heavy atom. The lowest BCUT2D eigenvalue weighted by Gasteiger charge is -2.49. The van der Waals surface area contributed by atoms with Crippen molar-refractivity contribution < 1.29 is 14.3 Å². The molecule has 0 N–H and O–H groups in total. The number of fused-ring (bicyclic) bond motifs is 1. The van der Waals surface area contributed by atoms with Crippen molar-refractivity contribution >= 4 is 11.8 Å². The molecule has 3 fully saturated rings. The number of aromatic nitrogens is 1. The zero-order chi connectivity index (χ0) is 22.5. The number of piperidine rings is 1. The molecule has 2 aromatic rings. The first-order valence-electron chi connectivity index (χ1n) is 11.6. The number of para-hydroxylation sites is 1. The van der Waals surface area contributed by atoms with Gasteiger partial charge in [0, 0.05) is 60.4 Å². The molecule has 0 unspecified atom stereocenters. The second-order valence-electron chi connectivity index (χ2n) is 9.73. The molecule has 1 aromatic heterocycles. The highest BCUT2D eigenvalue weighted by atomic mass is 16.5. The maximum absolute atomic E-state index is 13.7. The van der Waals surface area contributed by atoms with Gasteiger partial charge in [0.1, 0.15) is 5.75 Å². The van der Waals surface area contributed by atoms with Crippen molar-refractivity contribution in [1.29, 1.82) is 0 Å². The van der Waals surface area contributed by atoms with Crippen LogP contribution in [0.15, 0.2) is 42.6 Å². The zero-order valence-corrected chi connectivity index (χ0v) is 19.1. The summed E-state index contributed by atoms with van der Waals surface area (Å²) >= 11 is 0. The average Bonchev–Trinajstić information content (AvgIpc) is 3.09. The predicted octanol–water partition coefficient (Wildman–Crippen LogP) is 3.69. The number of pyridine rings is 1. The van der Waals surface area contributed by atoms with Crippen molar-refractivity contribution in [3.05, 3.63) is 59.4 Å². The van der Waals surface area contributed by atoms with Crippen LogP contribution in [0.2, 0.25) is 0 Å². The van der Waals surface area contributed by atoms with Crippen LogP contribution in [0.3, 0.4) is 0 Å². The number of methoxy groups -OCH3 is 1. The fraction of sp³-hybridized carbons (Fsp3) is 0.500. The molecule has 0 radical (unpaired) electrons. The van der Waals surface area contributed by atoms with Gasteiger partial charge in [-0.2, -0.15) is 0 Å². The van der Waals surface area contributed by atoms with Gasteiger partial charge in [0.2, 0.25) is 5.91 Å². The summed E-state index contributed by atoms with van der Waals surface area (Å²) in [6.07, 6.45) is 6.44. The summed E-state index contributed by atoms with van der Waals surface area (Å²) in [5.74, 6) is 1.02. The van der Waals surface area contributed by atoms with E-state index in [1.54, 1.807) is 20.2 Å². The quantitative estimate of drug-likeness (QED) is 0.738. The summed E-state index contributed by atoms with van der Waals surface area (Å²) in [6.45, 7) is 4.59. The second kappa shape index (κ2) is 7.91. The molecule has 3 heterocycles. The normalized spacial score (nSPS) is 28.5. The SMILES string of the molecule is COc1ccccc1Cc1cc(C(=O)N2C[C@@H]3C[C@@]4(C)[C@H](CCC[C@@H]24)N3C(C)=O)ccn1. The molecule has 2 aliphatic heterocycles. The lowest BCUT2D eigenvalue weighted by molar-refractivity contribution is -0.132. The smallest absolute Gasteiger partial charge is 0.254 e. The molecule has 168 valence electrons. The topological polar surface area (TPSA) is 62.7 Å². The van der Waals surface area contributed by atoms with Gasteiger partial charge in [-0.25, -0.2) is 0 Å². The number of carbonyl (C=O) groups excluding carboxylic acids is 2. The number of likely N-dealkylation sites (tertiary alicyclic amines) is 2. The molecular formula is C26H31N3O3. The predicted molar refractivity (Wildman–Crippen MR) is 122 cm³/mol. The largest absolute Gasteiger partial charge is 0.496 e. The first-order valence-corrected chi connectivity index (χ1v) is 11.6. The van der Waals surface area contributed by atoms with Gasteiger partial charge >= 0.3 is 0 Å². The minimum absolute atomic E-state index is 0.0181. The lowest BCUT2D eigenvalue weighted by atomic mass is 9.65. The third-order valence-electron chi connectivity index (χ3n) is 7.92. The first-order chi connectivity index (χ1) is 15.4. The van der Waals surface area contributed by atoms with E-state index < -0.39 is 0 Å². The van der Waals surface area contributed by atoms with Gasteiger partial charge in [0.05, 0.1) is 13.2 Å². The van der Waals surface area contributed by atoms with Crippen molar-refractivity contribution in [3.63, 3.8) is 0 Å². The van der Waals surface area contributed by atoms with Crippen LogP contribution >= 0.6 is 0 Å². The maximum atomic E-state index is 13.7. The Bertz CT molecular complexity index is 1050. The number of amides is 2. The standard InChI is InChI=1S/C26H31N3O3/c1-17(30)29-21-15-26(2)23(9-6-10-24(26)29)28(16-21)25(31)19-11-12-27-20(14-19)13-18-7-4-5-8-22(18)32-3/h4-5,7-8,11-12,14,21,23-24H,6,9-10,13,15-16H2,1-3H3/t21-,23+,24-,26+/m0/s1. The molecule has 2 amide bonds. The van der Waals surface area contributed by atoms with Gasteiger partial charge in [-0.3, -0.25) is 14.6 Å². The molecule has 3 aliphatic rings. The highest BCUT2D eigenvalue weighted by Gasteiger charge is 2.61. The molecule has 6 heteroatoms. The Hall–Kier alpha value is -2.89. The van der Waals surface area contributed by atoms with Gasteiger partial charge < -0.3 is 14.5 Å². The van der Waals surface area contributed by atoms with E-state index in [0.717, 1.165) is 42.7 Å². The van der Waals surface area contributed by atoms with Gasteiger partial charge in [-0.05, 0) is 43.9 Å². The molecule has 1 aliphatic carbocycles. The summed E-state index contributed by atoms with van der Waals surface area (Å²) in [4.78, 5) is 34.8. The number of nitrogens with zero attached hydrogens (tertiary/aromatic N) is 3. The Morgan fingerprint density at radius 2 is 1.97 bits per heavy atom. The minimum Gasteiger partial charge on any atom is -0.496 e. The van der Waals surface area contributed by atoms with E-state index in [1.807, 2.05) is 36.4 Å². The van der Waals surface area contributed by atoms with Crippen molar-refractivity contribution in [2.24, 2.45) is 5.41 Å². The third kappa shape index (κ3) is 3.28. The molecule has 2 bridgehead atoms. The van der Waals surface area contributed by atoms with Crippen LogP contribution in [0.1, 0.15) is 61.1 Å². The molecule has 2 saturated heterocycles. The zero-order valence-electron chi connectivity index (χ0n) is 19.1. The summed E-state index contributed by atoms with van der Waals surface area (Å²) in [5.41, 5.74) is 2.54. The van der Waals surface area contributed by atoms with Crippen LogP contribution in [0.5, 0.6) is 5.75 Å². The van der Waals surface area contributed by atoms with Crippen LogP contribution in [0.4, 0.5) is 0 Å². The molecule has 4 atom stereocenters. The minimum atomic E-state index is -0.0181. The molecule has 1 saturated carbocycles. The maximum Gasteiger partial charge on any atom is 0.254 e. The van der Waals surface area contributed by atoms with Gasteiger partial charge in [-0.1, -0.05) is 25.1 Å². The average molecular weight is 434 g/mol. The third-order valence-corrected chi connectivity index (χ3v) is 7.92. The van der Waals surface area contributed by atoms with Crippen LogP contribution in [0, 0.1) is 5.41 Å². The van der Waals surface area contributed by atoms with Crippen LogP contribution in [-0.4, -0.2) is 58.4 Å². The van der Waals surface area contributed by atoms with Crippen LogP contribution < -0.4 is 4.74 Å². The molecule has 32 heavy (non-hydrogen) atoms. The number of hydrogen-bond acceptors (Lipinski definition) is 4.